The van der Waals surface area contributed by atoms with Gasteiger partial charge in [-0.05, 0) is 12.1 Å². The van der Waals surface area contributed by atoms with Crippen LogP contribution >= 0.6 is 11.6 Å². The van der Waals surface area contributed by atoms with Crippen molar-refractivity contribution >= 4 is 33.3 Å². The summed E-state index contributed by atoms with van der Waals surface area (Å²) in [5.74, 6) is -0.947. The van der Waals surface area contributed by atoms with Gasteiger partial charge >= 0.3 is 6.01 Å². The van der Waals surface area contributed by atoms with Gasteiger partial charge in [0.05, 0.1) is 5.69 Å². The summed E-state index contributed by atoms with van der Waals surface area (Å²) < 4.78 is 44.4. The highest BCUT2D eigenvalue weighted by molar-refractivity contribution is 7.92. The van der Waals surface area contributed by atoms with Gasteiger partial charge in [0, 0.05) is 11.9 Å². The summed E-state index contributed by atoms with van der Waals surface area (Å²) in [6.45, 7) is 1.47. The van der Waals surface area contributed by atoms with Gasteiger partial charge in [-0.15, -0.1) is 5.10 Å². The number of sulfonamides is 1. The number of anilines is 2. The van der Waals surface area contributed by atoms with Crippen molar-refractivity contribution in [1.29, 1.82) is 0 Å². The molecular formula is C9H8ClFN4O3S. The van der Waals surface area contributed by atoms with Gasteiger partial charge in [-0.1, -0.05) is 16.7 Å². The maximum atomic E-state index is 13.7. The molecule has 0 saturated heterocycles. The van der Waals surface area contributed by atoms with Crippen LogP contribution in [-0.2, 0) is 10.0 Å². The minimum absolute atomic E-state index is 0.0130. The van der Waals surface area contributed by atoms with E-state index in [-0.39, 0.29) is 22.6 Å². The smallest absolute Gasteiger partial charge is 0.329 e. The molecule has 0 fully saturated rings. The highest BCUT2D eigenvalue weighted by Gasteiger charge is 2.23. The molecule has 1 heterocycles. The average Bonchev–Trinajstić information content (AvgIpc) is 2.68. The molecule has 2 aromatic rings. The summed E-state index contributed by atoms with van der Waals surface area (Å²) in [4.78, 5) is -0.701. The van der Waals surface area contributed by atoms with Crippen LogP contribution in [0.3, 0.4) is 0 Å². The summed E-state index contributed by atoms with van der Waals surface area (Å²) >= 11 is 5.64. The van der Waals surface area contributed by atoms with E-state index in [4.69, 9.17) is 21.8 Å². The minimum atomic E-state index is -4.26. The third kappa shape index (κ3) is 2.76. The molecule has 0 aliphatic heterocycles. The second-order valence-corrected chi connectivity index (χ2v) is 5.63. The number of aryl methyl sites for hydroxylation is 1. The van der Waals surface area contributed by atoms with Gasteiger partial charge in [-0.3, -0.25) is 0 Å². The molecule has 7 nitrogen and oxygen atoms in total. The van der Waals surface area contributed by atoms with E-state index < -0.39 is 20.7 Å². The molecular weight excluding hydrogens is 299 g/mol. The van der Waals surface area contributed by atoms with Crippen LogP contribution in [0.4, 0.5) is 16.1 Å². The number of nitrogens with two attached hydrogens (primary N) is 1. The number of aromatic nitrogens is 2. The molecule has 0 saturated carbocycles. The molecule has 0 amide bonds. The molecule has 0 aliphatic rings. The number of hydrogen-bond donors (Lipinski definition) is 2. The Morgan fingerprint density at radius 2 is 2.11 bits per heavy atom. The van der Waals surface area contributed by atoms with Crippen molar-refractivity contribution in [2.45, 2.75) is 11.8 Å². The quantitative estimate of drug-likeness (QED) is 0.832. The molecule has 102 valence electrons. The maximum Gasteiger partial charge on any atom is 0.329 e. The van der Waals surface area contributed by atoms with Crippen molar-refractivity contribution in [3.63, 3.8) is 0 Å². The summed E-state index contributed by atoms with van der Waals surface area (Å²) in [5, 5.41) is 6.86. The Hall–Kier alpha value is -1.87. The normalized spacial score (nSPS) is 11.5. The predicted molar refractivity (Wildman–Crippen MR) is 65.7 cm³/mol. The fourth-order valence-corrected chi connectivity index (χ4v) is 2.64. The highest BCUT2D eigenvalue weighted by Crippen LogP contribution is 2.26. The van der Waals surface area contributed by atoms with Gasteiger partial charge in [-0.2, -0.15) is 0 Å². The standard InChI is InChI=1S/C9H8ClFN4O3S/c1-4-13-14-9(18-4)15-19(16,17)7-3-5(10)2-6(12)8(7)11/h2-3H,12H2,1H3,(H,14,15). The Morgan fingerprint density at radius 1 is 1.42 bits per heavy atom. The van der Waals surface area contributed by atoms with Crippen LogP contribution in [-0.4, -0.2) is 18.6 Å². The minimum Gasteiger partial charge on any atom is -0.408 e. The highest BCUT2D eigenvalue weighted by atomic mass is 35.5. The summed E-state index contributed by atoms with van der Waals surface area (Å²) in [5.41, 5.74) is 4.93. The van der Waals surface area contributed by atoms with Crippen molar-refractivity contribution in [2.24, 2.45) is 0 Å². The largest absolute Gasteiger partial charge is 0.408 e. The predicted octanol–water partition coefficient (Wildman–Crippen LogP) is 1.55. The lowest BCUT2D eigenvalue weighted by Crippen LogP contribution is -2.15. The maximum absolute atomic E-state index is 13.7. The van der Waals surface area contributed by atoms with Gasteiger partial charge in [0.2, 0.25) is 5.89 Å². The first-order valence-electron chi connectivity index (χ1n) is 4.87. The Morgan fingerprint density at radius 3 is 2.68 bits per heavy atom. The van der Waals surface area contributed by atoms with Crippen LogP contribution in [0, 0.1) is 12.7 Å². The summed E-state index contributed by atoms with van der Waals surface area (Å²) in [7, 11) is -4.26. The lowest BCUT2D eigenvalue weighted by molar-refractivity contribution is 0.533. The molecule has 0 atom stereocenters. The number of halogens is 2. The summed E-state index contributed by atoms with van der Waals surface area (Å²) in [6, 6.07) is 1.65. The lowest BCUT2D eigenvalue weighted by Gasteiger charge is -2.07. The molecule has 0 bridgehead atoms. The molecule has 10 heteroatoms. The first-order valence-corrected chi connectivity index (χ1v) is 6.73. The third-order valence-electron chi connectivity index (χ3n) is 2.07. The monoisotopic (exact) mass is 306 g/mol. The lowest BCUT2D eigenvalue weighted by atomic mass is 10.3. The topological polar surface area (TPSA) is 111 Å². The number of rotatable bonds is 3. The molecule has 0 unspecified atom stereocenters. The van der Waals surface area contributed by atoms with Crippen LogP contribution < -0.4 is 10.5 Å². The number of nitrogens with one attached hydrogen (secondary N) is 1. The molecule has 2 rings (SSSR count). The second-order valence-electron chi connectivity index (χ2n) is 3.54. The number of nitrogens with zero attached hydrogens (tertiary/aromatic N) is 2. The van der Waals surface area contributed by atoms with Crippen LogP contribution in [0.15, 0.2) is 21.4 Å². The van der Waals surface area contributed by atoms with Crippen molar-refractivity contribution < 1.29 is 17.2 Å². The Bertz CT molecular complexity index is 731. The molecule has 1 aromatic heterocycles. The van der Waals surface area contributed by atoms with Gasteiger partial charge in [-0.25, -0.2) is 17.5 Å². The van der Waals surface area contributed by atoms with E-state index in [1.165, 1.54) is 6.92 Å². The molecule has 0 spiro atoms. The van der Waals surface area contributed by atoms with Crippen LogP contribution in [0.1, 0.15) is 5.89 Å². The zero-order chi connectivity index (χ0) is 14.2. The zero-order valence-electron chi connectivity index (χ0n) is 9.52. The third-order valence-corrected chi connectivity index (χ3v) is 3.61. The molecule has 1 aromatic carbocycles. The molecule has 3 N–H and O–H groups in total. The van der Waals surface area contributed by atoms with Gasteiger partial charge in [0.25, 0.3) is 10.0 Å². The van der Waals surface area contributed by atoms with E-state index in [9.17, 15) is 12.8 Å². The Balaban J connectivity index is 2.45. The molecule has 0 aliphatic carbocycles. The van der Waals surface area contributed by atoms with E-state index in [0.717, 1.165) is 12.1 Å². The van der Waals surface area contributed by atoms with Crippen molar-refractivity contribution in [3.8, 4) is 0 Å². The second kappa shape index (κ2) is 4.67. The SMILES string of the molecule is Cc1nnc(NS(=O)(=O)c2cc(Cl)cc(N)c2F)o1. The average molecular weight is 307 g/mol. The van der Waals surface area contributed by atoms with E-state index in [1.807, 2.05) is 4.72 Å². The molecule has 19 heavy (non-hydrogen) atoms. The first kappa shape index (κ1) is 13.6. The van der Waals surface area contributed by atoms with Crippen LogP contribution in [0.2, 0.25) is 5.02 Å². The fourth-order valence-electron chi connectivity index (χ4n) is 1.29. The number of hydrogen-bond acceptors (Lipinski definition) is 6. The van der Waals surface area contributed by atoms with Crippen LogP contribution in [0.25, 0.3) is 0 Å². The van der Waals surface area contributed by atoms with Crippen molar-refractivity contribution in [2.75, 3.05) is 10.5 Å². The first-order chi connectivity index (χ1) is 8.79. The van der Waals surface area contributed by atoms with E-state index >= 15 is 0 Å². The van der Waals surface area contributed by atoms with Crippen molar-refractivity contribution in [1.82, 2.24) is 10.2 Å². The zero-order valence-corrected chi connectivity index (χ0v) is 11.1. The van der Waals surface area contributed by atoms with Gasteiger partial charge < -0.3 is 10.2 Å². The number of nitrogen functional groups attached to an aromatic ring is 1. The van der Waals surface area contributed by atoms with E-state index in [0.29, 0.717) is 0 Å². The van der Waals surface area contributed by atoms with E-state index in [1.54, 1.807) is 0 Å². The molecule has 0 radical (unpaired) electrons. The van der Waals surface area contributed by atoms with Gasteiger partial charge in [0.15, 0.2) is 5.82 Å². The summed E-state index contributed by atoms with van der Waals surface area (Å²) in [6.07, 6.45) is 0. The van der Waals surface area contributed by atoms with Gasteiger partial charge in [0.1, 0.15) is 4.90 Å². The Kier molecular flexibility index (Phi) is 3.33. The van der Waals surface area contributed by atoms with Crippen molar-refractivity contribution in [3.05, 3.63) is 28.9 Å². The Labute approximate surface area is 112 Å². The fraction of sp³-hybridized carbons (Fsp3) is 0.111. The number of benzene rings is 1. The van der Waals surface area contributed by atoms with Crippen LogP contribution in [0.5, 0.6) is 0 Å². The van der Waals surface area contributed by atoms with E-state index in [2.05, 4.69) is 10.2 Å².